The Morgan fingerprint density at radius 3 is 2.30 bits per heavy atom. The molecule has 0 spiro atoms. The molecule has 1 aliphatic carbocycles. The van der Waals surface area contributed by atoms with Gasteiger partial charge in [0, 0.05) is 12.1 Å². The fraction of sp³-hybridized carbons (Fsp3) is 0.562. The maximum atomic E-state index is 12.4. The quantitative estimate of drug-likeness (QED) is 0.829. The average Bonchev–Trinajstić information content (AvgIpc) is 3.27. The lowest BCUT2D eigenvalue weighted by Crippen LogP contribution is -2.53. The summed E-state index contributed by atoms with van der Waals surface area (Å²) >= 11 is 0. The number of benzene rings is 1. The lowest BCUT2D eigenvalue weighted by molar-refractivity contribution is -0.0507. The number of amides is 1. The van der Waals surface area contributed by atoms with E-state index in [-0.39, 0.29) is 24.1 Å². The number of alkyl halides is 2. The summed E-state index contributed by atoms with van der Waals surface area (Å²) in [6, 6.07) is 3.12. The van der Waals surface area contributed by atoms with Gasteiger partial charge >= 0.3 is 6.61 Å². The first-order chi connectivity index (χ1) is 10.3. The molecule has 1 amide bonds. The summed E-state index contributed by atoms with van der Waals surface area (Å²) in [5, 5.41) is 2.98. The first kappa shape index (κ1) is 19.6. The molecular weight excluding hydrogens is 326 g/mol. The zero-order chi connectivity index (χ0) is 16.5. The largest absolute Gasteiger partial charge is 0.434 e. The molecular formula is C16H23ClF2N2O2. The number of carbonyl (C=O) groups excluding carboxylic acids is 1. The van der Waals surface area contributed by atoms with E-state index < -0.39 is 12.2 Å². The number of carbonyl (C=O) groups is 1. The Balaban J connectivity index is 0.00000264. The van der Waals surface area contributed by atoms with Crippen LogP contribution in [0.25, 0.3) is 0 Å². The average molecular weight is 349 g/mol. The summed E-state index contributed by atoms with van der Waals surface area (Å²) in [7, 11) is 0. The molecule has 1 saturated carbocycles. The summed E-state index contributed by atoms with van der Waals surface area (Å²) in [4.78, 5) is 12.4. The van der Waals surface area contributed by atoms with Gasteiger partial charge in [-0.3, -0.25) is 4.79 Å². The lowest BCUT2D eigenvalue weighted by Gasteiger charge is -2.29. The molecule has 23 heavy (non-hydrogen) atoms. The fourth-order valence-electron chi connectivity index (χ4n) is 2.73. The van der Waals surface area contributed by atoms with E-state index in [9.17, 15) is 13.6 Å². The highest BCUT2D eigenvalue weighted by molar-refractivity contribution is 5.95. The van der Waals surface area contributed by atoms with Crippen LogP contribution in [-0.4, -0.2) is 24.6 Å². The highest BCUT2D eigenvalue weighted by Gasteiger charge is 2.41. The summed E-state index contributed by atoms with van der Waals surface area (Å²) in [5.74, 6) is 0.287. The zero-order valence-corrected chi connectivity index (χ0v) is 14.3. The van der Waals surface area contributed by atoms with E-state index in [0.29, 0.717) is 29.2 Å². The van der Waals surface area contributed by atoms with Gasteiger partial charge in [0.25, 0.3) is 5.91 Å². The topological polar surface area (TPSA) is 64.4 Å². The minimum absolute atomic E-state index is 0. The van der Waals surface area contributed by atoms with Gasteiger partial charge in [-0.25, -0.2) is 0 Å². The van der Waals surface area contributed by atoms with Crippen LogP contribution in [-0.2, 0) is 0 Å². The Bertz CT molecular complexity index is 556. The molecule has 1 aromatic rings. The lowest BCUT2D eigenvalue weighted by atomic mass is 9.95. The maximum absolute atomic E-state index is 12.4. The number of aryl methyl sites for hydroxylation is 2. The van der Waals surface area contributed by atoms with Crippen LogP contribution in [0.4, 0.5) is 8.78 Å². The van der Waals surface area contributed by atoms with Crippen LogP contribution >= 0.6 is 12.4 Å². The number of ether oxygens (including phenoxy) is 1. The van der Waals surface area contributed by atoms with Crippen molar-refractivity contribution in [3.63, 3.8) is 0 Å². The zero-order valence-electron chi connectivity index (χ0n) is 13.5. The molecule has 3 N–H and O–H groups in total. The summed E-state index contributed by atoms with van der Waals surface area (Å²) in [6.07, 6.45) is 2.13. The van der Waals surface area contributed by atoms with Crippen LogP contribution in [0.3, 0.4) is 0 Å². The van der Waals surface area contributed by atoms with Crippen LogP contribution in [0.15, 0.2) is 12.1 Å². The van der Waals surface area contributed by atoms with Gasteiger partial charge in [0.05, 0.1) is 5.54 Å². The summed E-state index contributed by atoms with van der Waals surface area (Å²) < 4.78 is 29.3. The Morgan fingerprint density at radius 2 is 1.91 bits per heavy atom. The van der Waals surface area contributed by atoms with Crippen molar-refractivity contribution >= 4 is 18.3 Å². The van der Waals surface area contributed by atoms with Gasteiger partial charge in [0.2, 0.25) is 0 Å². The molecule has 1 aromatic carbocycles. The second-order valence-corrected chi connectivity index (χ2v) is 6.17. The van der Waals surface area contributed by atoms with Crippen molar-refractivity contribution in [1.29, 1.82) is 0 Å². The molecule has 0 heterocycles. The summed E-state index contributed by atoms with van der Waals surface area (Å²) in [6.45, 7) is 2.71. The number of hydrogen-bond donors (Lipinski definition) is 2. The predicted octanol–water partition coefficient (Wildman–Crippen LogP) is 3.18. The Labute approximate surface area is 141 Å². The molecule has 130 valence electrons. The molecule has 1 unspecified atom stereocenters. The number of rotatable bonds is 6. The standard InChI is InChI=1S/C16H22F2N2O2.ClH/c1-9-6-11(7-10(2)13(9)22-15(17)18)14(21)20-16(3,8-19)12-4-5-12;/h6-7,12,15H,4-5,8,19H2,1-3H3,(H,20,21);1H. The molecule has 1 atom stereocenters. The van der Waals surface area contributed by atoms with Gasteiger partial charge in [-0.2, -0.15) is 8.78 Å². The van der Waals surface area contributed by atoms with E-state index in [4.69, 9.17) is 5.73 Å². The van der Waals surface area contributed by atoms with Crippen LogP contribution in [0, 0.1) is 19.8 Å². The molecule has 1 aliphatic rings. The van der Waals surface area contributed by atoms with Crippen molar-refractivity contribution < 1.29 is 18.3 Å². The first-order valence-corrected chi connectivity index (χ1v) is 7.35. The van der Waals surface area contributed by atoms with Crippen LogP contribution in [0.5, 0.6) is 5.75 Å². The van der Waals surface area contributed by atoms with Crippen molar-refractivity contribution in [3.05, 3.63) is 28.8 Å². The Kier molecular flexibility index (Phi) is 6.36. The third kappa shape index (κ3) is 4.54. The minimum Gasteiger partial charge on any atom is -0.434 e. The van der Waals surface area contributed by atoms with E-state index in [1.165, 1.54) is 0 Å². The van der Waals surface area contributed by atoms with Crippen LogP contribution in [0.2, 0.25) is 0 Å². The number of nitrogens with one attached hydrogen (secondary N) is 1. The molecule has 0 radical (unpaired) electrons. The van der Waals surface area contributed by atoms with Gasteiger partial charge in [-0.1, -0.05) is 0 Å². The normalized spacial score (nSPS) is 16.5. The smallest absolute Gasteiger partial charge is 0.387 e. The van der Waals surface area contributed by atoms with E-state index in [1.807, 2.05) is 6.92 Å². The van der Waals surface area contributed by atoms with Crippen molar-refractivity contribution in [1.82, 2.24) is 5.32 Å². The van der Waals surface area contributed by atoms with E-state index in [1.54, 1.807) is 26.0 Å². The van der Waals surface area contributed by atoms with Crippen molar-refractivity contribution in [3.8, 4) is 5.75 Å². The monoisotopic (exact) mass is 348 g/mol. The SMILES string of the molecule is Cc1cc(C(=O)NC(C)(CN)C2CC2)cc(C)c1OC(F)F.Cl. The van der Waals surface area contributed by atoms with Crippen molar-refractivity contribution in [2.45, 2.75) is 45.8 Å². The van der Waals surface area contributed by atoms with Crippen molar-refractivity contribution in [2.24, 2.45) is 11.7 Å². The van der Waals surface area contributed by atoms with Gasteiger partial charge in [-0.15, -0.1) is 12.4 Å². The van der Waals surface area contributed by atoms with Crippen LogP contribution < -0.4 is 15.8 Å². The molecule has 1 fully saturated rings. The predicted molar refractivity (Wildman–Crippen MR) is 87.4 cm³/mol. The molecule has 0 aromatic heterocycles. The van der Waals surface area contributed by atoms with Gasteiger partial charge < -0.3 is 15.8 Å². The molecule has 0 aliphatic heterocycles. The Morgan fingerprint density at radius 1 is 1.39 bits per heavy atom. The number of hydrogen-bond acceptors (Lipinski definition) is 3. The molecule has 0 saturated heterocycles. The third-order valence-corrected chi connectivity index (χ3v) is 4.23. The van der Waals surface area contributed by atoms with Gasteiger partial charge in [0.15, 0.2) is 0 Å². The Hall–Kier alpha value is -1.40. The fourth-order valence-corrected chi connectivity index (χ4v) is 2.73. The number of halogens is 3. The second-order valence-electron chi connectivity index (χ2n) is 6.17. The second kappa shape index (κ2) is 7.45. The maximum Gasteiger partial charge on any atom is 0.387 e. The van der Waals surface area contributed by atoms with Crippen molar-refractivity contribution in [2.75, 3.05) is 6.54 Å². The van der Waals surface area contributed by atoms with Gasteiger partial charge in [0.1, 0.15) is 5.75 Å². The van der Waals surface area contributed by atoms with Gasteiger partial charge in [-0.05, 0) is 62.8 Å². The highest BCUT2D eigenvalue weighted by Crippen LogP contribution is 2.39. The third-order valence-electron chi connectivity index (χ3n) is 4.23. The first-order valence-electron chi connectivity index (χ1n) is 7.35. The molecule has 0 bridgehead atoms. The highest BCUT2D eigenvalue weighted by atomic mass is 35.5. The number of nitrogens with two attached hydrogens (primary N) is 1. The molecule has 4 nitrogen and oxygen atoms in total. The van der Waals surface area contributed by atoms with E-state index in [0.717, 1.165) is 12.8 Å². The molecule has 2 rings (SSSR count). The minimum atomic E-state index is -2.88. The van der Waals surface area contributed by atoms with Crippen LogP contribution in [0.1, 0.15) is 41.3 Å². The van der Waals surface area contributed by atoms with E-state index in [2.05, 4.69) is 10.1 Å². The molecule has 7 heteroatoms. The summed E-state index contributed by atoms with van der Waals surface area (Å²) in [5.41, 5.74) is 6.81. The van der Waals surface area contributed by atoms with E-state index >= 15 is 0 Å².